The summed E-state index contributed by atoms with van der Waals surface area (Å²) >= 11 is 0. The van der Waals surface area contributed by atoms with Crippen molar-refractivity contribution in [3.8, 4) is 17.4 Å². The molecule has 1 heterocycles. The number of benzene rings is 1. The zero-order valence-corrected chi connectivity index (χ0v) is 14.0. The molecule has 0 saturated heterocycles. The average Bonchev–Trinajstić information content (AvgIpc) is 2.57. The number of ether oxygens (including phenoxy) is 2. The van der Waals surface area contributed by atoms with E-state index in [2.05, 4.69) is 4.98 Å². The highest BCUT2D eigenvalue weighted by Crippen LogP contribution is 2.30. The van der Waals surface area contributed by atoms with Gasteiger partial charge in [-0.3, -0.25) is 0 Å². The number of halogens is 3. The maximum Gasteiger partial charge on any atom is 0.417 e. The molecule has 0 fully saturated rings. The van der Waals surface area contributed by atoms with E-state index in [1.807, 2.05) is 0 Å². The summed E-state index contributed by atoms with van der Waals surface area (Å²) in [6.45, 7) is 3.32. The predicted molar refractivity (Wildman–Crippen MR) is 86.2 cm³/mol. The minimum atomic E-state index is -4.45. The Hall–Kier alpha value is -2.81. The highest BCUT2D eigenvalue weighted by molar-refractivity contribution is 5.72. The number of rotatable bonds is 5. The van der Waals surface area contributed by atoms with Crippen molar-refractivity contribution in [3.63, 3.8) is 0 Å². The Morgan fingerprint density at radius 2 is 1.69 bits per heavy atom. The van der Waals surface area contributed by atoms with Gasteiger partial charge in [-0.1, -0.05) is 0 Å². The second-order valence-corrected chi connectivity index (χ2v) is 4.87. The summed E-state index contributed by atoms with van der Waals surface area (Å²) in [7, 11) is 0. The van der Waals surface area contributed by atoms with E-state index >= 15 is 0 Å². The van der Waals surface area contributed by atoms with Gasteiger partial charge in [0.2, 0.25) is 5.88 Å². The molecular formula is C17H18F3NO5. The molecule has 2 aromatic rings. The molecule has 0 bridgehead atoms. The van der Waals surface area contributed by atoms with Gasteiger partial charge in [0, 0.05) is 18.9 Å². The molecule has 2 rings (SSSR count). The van der Waals surface area contributed by atoms with Crippen molar-refractivity contribution < 1.29 is 37.7 Å². The summed E-state index contributed by atoms with van der Waals surface area (Å²) in [5, 5.41) is 16.3. The molecule has 0 aliphatic rings. The fraction of sp³-hybridized carbons (Fsp3) is 0.294. The molecule has 26 heavy (non-hydrogen) atoms. The minimum absolute atomic E-state index is 0.00516. The van der Waals surface area contributed by atoms with E-state index in [0.717, 1.165) is 12.1 Å². The Morgan fingerprint density at radius 1 is 1.15 bits per heavy atom. The van der Waals surface area contributed by atoms with Crippen molar-refractivity contribution >= 4 is 5.97 Å². The number of alkyl halides is 3. The van der Waals surface area contributed by atoms with Crippen LogP contribution in [-0.4, -0.2) is 33.9 Å². The van der Waals surface area contributed by atoms with Crippen LogP contribution in [0.25, 0.3) is 0 Å². The van der Waals surface area contributed by atoms with Crippen LogP contribution >= 0.6 is 0 Å². The van der Waals surface area contributed by atoms with Gasteiger partial charge >= 0.3 is 12.1 Å². The van der Waals surface area contributed by atoms with Crippen LogP contribution in [-0.2, 0) is 11.0 Å². The molecule has 9 heteroatoms. The van der Waals surface area contributed by atoms with Gasteiger partial charge in [-0.2, -0.15) is 13.2 Å². The molecule has 1 unspecified atom stereocenters. The zero-order chi connectivity index (χ0) is 19.7. The number of hydrogen-bond acceptors (Lipinski definition) is 5. The SMILES string of the molecule is CC(Oc1ccc(Oc2ccc(C(F)(F)F)cn2)cc1)C(=O)O.CCO. The summed E-state index contributed by atoms with van der Waals surface area (Å²) in [6.07, 6.45) is -4.77. The Bertz CT molecular complexity index is 687. The second kappa shape index (κ2) is 9.62. The van der Waals surface area contributed by atoms with E-state index < -0.39 is 23.8 Å². The van der Waals surface area contributed by atoms with E-state index in [1.54, 1.807) is 6.92 Å². The molecule has 0 radical (unpaired) electrons. The molecule has 2 N–H and O–H groups in total. The standard InChI is InChI=1S/C15H12F3NO4.C2H6O/c1-9(14(20)21)22-11-3-5-12(6-4-11)23-13-7-2-10(8-19-13)15(16,17)18;1-2-3/h2-9H,1H3,(H,20,21);3H,2H2,1H3. The van der Waals surface area contributed by atoms with Crippen LogP contribution in [0, 0.1) is 0 Å². The lowest BCUT2D eigenvalue weighted by atomic mass is 10.3. The van der Waals surface area contributed by atoms with Gasteiger partial charge < -0.3 is 19.7 Å². The summed E-state index contributed by atoms with van der Waals surface area (Å²) in [6, 6.07) is 7.93. The summed E-state index contributed by atoms with van der Waals surface area (Å²) in [5.74, 6) is -0.440. The molecule has 142 valence electrons. The number of aliphatic carboxylic acids is 1. The minimum Gasteiger partial charge on any atom is -0.479 e. The monoisotopic (exact) mass is 373 g/mol. The number of carboxylic acid groups (broad SMARTS) is 1. The lowest BCUT2D eigenvalue weighted by Crippen LogP contribution is -2.22. The smallest absolute Gasteiger partial charge is 0.417 e. The Kier molecular flexibility index (Phi) is 7.85. The van der Waals surface area contributed by atoms with Crippen LogP contribution in [0.3, 0.4) is 0 Å². The number of carboxylic acids is 1. The van der Waals surface area contributed by atoms with Crippen molar-refractivity contribution in [2.24, 2.45) is 0 Å². The van der Waals surface area contributed by atoms with E-state index in [9.17, 15) is 18.0 Å². The third-order valence-corrected chi connectivity index (χ3v) is 2.77. The Labute approximate surface area is 147 Å². The van der Waals surface area contributed by atoms with Crippen molar-refractivity contribution in [1.29, 1.82) is 0 Å². The Balaban J connectivity index is 0.00000105. The number of aromatic nitrogens is 1. The van der Waals surface area contributed by atoms with Gasteiger partial charge in [0.1, 0.15) is 11.5 Å². The van der Waals surface area contributed by atoms with Gasteiger partial charge in [-0.25, -0.2) is 9.78 Å². The lowest BCUT2D eigenvalue weighted by Gasteiger charge is -2.11. The Morgan fingerprint density at radius 3 is 2.12 bits per heavy atom. The molecule has 0 aliphatic heterocycles. The van der Waals surface area contributed by atoms with Gasteiger partial charge in [0.05, 0.1) is 5.56 Å². The first kappa shape index (κ1) is 21.2. The summed E-state index contributed by atoms with van der Waals surface area (Å²) in [4.78, 5) is 14.3. The van der Waals surface area contributed by atoms with E-state index in [4.69, 9.17) is 19.7 Å². The zero-order valence-electron chi connectivity index (χ0n) is 14.0. The third kappa shape index (κ3) is 6.98. The molecule has 1 aromatic carbocycles. The van der Waals surface area contributed by atoms with Gasteiger partial charge in [-0.05, 0) is 44.2 Å². The van der Waals surface area contributed by atoms with E-state index in [-0.39, 0.29) is 12.5 Å². The van der Waals surface area contributed by atoms with Crippen molar-refractivity contribution in [2.75, 3.05) is 6.61 Å². The van der Waals surface area contributed by atoms with Crippen LogP contribution in [0.5, 0.6) is 17.4 Å². The van der Waals surface area contributed by atoms with Crippen LogP contribution in [0.4, 0.5) is 13.2 Å². The molecule has 0 spiro atoms. The number of hydrogen-bond donors (Lipinski definition) is 2. The van der Waals surface area contributed by atoms with Crippen molar-refractivity contribution in [1.82, 2.24) is 4.98 Å². The fourth-order valence-corrected chi connectivity index (χ4v) is 1.57. The highest BCUT2D eigenvalue weighted by atomic mass is 19.4. The maximum atomic E-state index is 12.4. The van der Waals surface area contributed by atoms with Gasteiger partial charge in [-0.15, -0.1) is 0 Å². The van der Waals surface area contributed by atoms with E-state index in [0.29, 0.717) is 17.7 Å². The van der Waals surface area contributed by atoms with Crippen LogP contribution in [0.2, 0.25) is 0 Å². The molecule has 6 nitrogen and oxygen atoms in total. The quantitative estimate of drug-likeness (QED) is 0.830. The average molecular weight is 373 g/mol. The largest absolute Gasteiger partial charge is 0.479 e. The first-order valence-electron chi connectivity index (χ1n) is 7.48. The van der Waals surface area contributed by atoms with Crippen LogP contribution in [0.1, 0.15) is 19.4 Å². The van der Waals surface area contributed by atoms with Crippen molar-refractivity contribution in [2.45, 2.75) is 26.1 Å². The van der Waals surface area contributed by atoms with Crippen LogP contribution in [0.15, 0.2) is 42.6 Å². The van der Waals surface area contributed by atoms with Crippen molar-refractivity contribution in [3.05, 3.63) is 48.2 Å². The highest BCUT2D eigenvalue weighted by Gasteiger charge is 2.30. The predicted octanol–water partition coefficient (Wildman–Crippen LogP) is 3.74. The number of carbonyl (C=O) groups is 1. The number of nitrogens with zero attached hydrogens (tertiary/aromatic N) is 1. The van der Waals surface area contributed by atoms with Gasteiger partial charge in [0.15, 0.2) is 6.10 Å². The summed E-state index contributed by atoms with van der Waals surface area (Å²) in [5.41, 5.74) is -0.865. The molecule has 1 atom stereocenters. The number of aliphatic hydroxyl groups is 1. The third-order valence-electron chi connectivity index (χ3n) is 2.77. The number of aliphatic hydroxyl groups excluding tert-OH is 1. The summed E-state index contributed by atoms with van der Waals surface area (Å²) < 4.78 is 47.7. The normalized spacial score (nSPS) is 11.8. The van der Waals surface area contributed by atoms with Gasteiger partial charge in [0.25, 0.3) is 0 Å². The maximum absolute atomic E-state index is 12.4. The second-order valence-electron chi connectivity index (χ2n) is 4.87. The lowest BCUT2D eigenvalue weighted by molar-refractivity contribution is -0.144. The molecule has 0 amide bonds. The number of pyridine rings is 1. The van der Waals surface area contributed by atoms with E-state index in [1.165, 1.54) is 31.2 Å². The fourth-order valence-electron chi connectivity index (χ4n) is 1.57. The molecule has 0 aliphatic carbocycles. The topological polar surface area (TPSA) is 88.9 Å². The molecular weight excluding hydrogens is 355 g/mol. The first-order valence-corrected chi connectivity index (χ1v) is 7.48. The molecule has 1 aromatic heterocycles. The molecule has 0 saturated carbocycles. The first-order chi connectivity index (χ1) is 12.2. The van der Waals surface area contributed by atoms with Crippen LogP contribution < -0.4 is 9.47 Å².